The molecule has 3 rings (SSSR count). The average molecular weight is 369 g/mol. The number of pyridine rings is 1. The Morgan fingerprint density at radius 3 is 2.85 bits per heavy atom. The number of fused-ring (bicyclic) bond motifs is 1. The Balaban J connectivity index is 1.94. The number of nitrogens with zero attached hydrogens (tertiary/aromatic N) is 3. The molecule has 2 unspecified atom stereocenters. The maximum atomic E-state index is 6.15. The van der Waals surface area contributed by atoms with E-state index >= 15 is 0 Å². The fourth-order valence-corrected chi connectivity index (χ4v) is 4.72. The Bertz CT molecular complexity index is 722. The van der Waals surface area contributed by atoms with Gasteiger partial charge in [0.1, 0.15) is 0 Å². The number of nitrogens with two attached hydrogens (primary N) is 1. The second-order valence-electron chi connectivity index (χ2n) is 4.45. The zero-order valence-electron chi connectivity index (χ0n) is 10.7. The van der Waals surface area contributed by atoms with Crippen LogP contribution in [-0.2, 0) is 0 Å². The van der Waals surface area contributed by atoms with Crippen molar-refractivity contribution in [1.82, 2.24) is 14.6 Å². The Labute approximate surface area is 133 Å². The number of aromatic nitrogens is 3. The third-order valence-corrected chi connectivity index (χ3v) is 6.15. The summed E-state index contributed by atoms with van der Waals surface area (Å²) in [4.78, 5) is 1.24. The first-order valence-electron chi connectivity index (χ1n) is 6.12. The lowest BCUT2D eigenvalue weighted by atomic mass is 10.2. The number of hydrogen-bond acceptors (Lipinski definition) is 5. The molecule has 0 saturated carbocycles. The fraction of sp³-hybridized carbons (Fsp3) is 0.231. The van der Waals surface area contributed by atoms with Crippen LogP contribution >= 0.6 is 39.0 Å². The summed E-state index contributed by atoms with van der Waals surface area (Å²) in [5.74, 6) is 0. The van der Waals surface area contributed by atoms with E-state index < -0.39 is 0 Å². The normalized spacial score (nSPS) is 14.6. The third-order valence-electron chi connectivity index (χ3n) is 2.87. The van der Waals surface area contributed by atoms with Crippen molar-refractivity contribution in [3.8, 4) is 0 Å². The molecule has 0 bridgehead atoms. The molecule has 104 valence electrons. The van der Waals surface area contributed by atoms with Crippen LogP contribution in [0.4, 0.5) is 0 Å². The van der Waals surface area contributed by atoms with E-state index in [2.05, 4.69) is 38.3 Å². The standard InChI is InChI=1S/C13H13BrN4S2/c1-8(15)12(9-5-6-10(14)19-9)20-13-17-16-11-4-2-3-7-18(11)13/h2-8,12H,15H2,1H3. The van der Waals surface area contributed by atoms with Crippen molar-refractivity contribution in [1.29, 1.82) is 0 Å². The highest BCUT2D eigenvalue weighted by Crippen LogP contribution is 2.40. The van der Waals surface area contributed by atoms with E-state index in [-0.39, 0.29) is 11.3 Å². The largest absolute Gasteiger partial charge is 0.327 e. The molecular weight excluding hydrogens is 356 g/mol. The van der Waals surface area contributed by atoms with Gasteiger partial charge in [0, 0.05) is 17.1 Å². The third kappa shape index (κ3) is 2.76. The summed E-state index contributed by atoms with van der Waals surface area (Å²) in [6, 6.07) is 10.1. The van der Waals surface area contributed by atoms with Crippen LogP contribution < -0.4 is 5.73 Å². The second kappa shape index (κ2) is 5.85. The van der Waals surface area contributed by atoms with Gasteiger partial charge in [-0.05, 0) is 47.1 Å². The van der Waals surface area contributed by atoms with Crippen LogP contribution in [0.1, 0.15) is 17.1 Å². The first-order chi connectivity index (χ1) is 9.65. The van der Waals surface area contributed by atoms with E-state index in [1.807, 2.05) is 35.7 Å². The van der Waals surface area contributed by atoms with Crippen molar-refractivity contribution in [2.45, 2.75) is 23.4 Å². The fourth-order valence-electron chi connectivity index (χ4n) is 1.92. The highest BCUT2D eigenvalue weighted by molar-refractivity contribution is 9.11. The van der Waals surface area contributed by atoms with Crippen LogP contribution in [0.5, 0.6) is 0 Å². The van der Waals surface area contributed by atoms with Gasteiger partial charge in [-0.15, -0.1) is 21.5 Å². The van der Waals surface area contributed by atoms with Gasteiger partial charge < -0.3 is 5.73 Å². The smallest absolute Gasteiger partial charge is 0.196 e. The molecule has 20 heavy (non-hydrogen) atoms. The molecule has 0 aliphatic rings. The van der Waals surface area contributed by atoms with E-state index in [0.29, 0.717) is 0 Å². The molecule has 0 spiro atoms. The van der Waals surface area contributed by atoms with E-state index in [4.69, 9.17) is 5.73 Å². The molecule has 0 radical (unpaired) electrons. The lowest BCUT2D eigenvalue weighted by Crippen LogP contribution is -2.22. The molecule has 0 fully saturated rings. The minimum absolute atomic E-state index is 0.0293. The molecule has 2 atom stereocenters. The Morgan fingerprint density at radius 2 is 2.15 bits per heavy atom. The van der Waals surface area contributed by atoms with Crippen molar-refractivity contribution < 1.29 is 0 Å². The van der Waals surface area contributed by atoms with Gasteiger partial charge in [-0.3, -0.25) is 4.40 Å². The molecule has 0 aliphatic heterocycles. The molecule has 4 nitrogen and oxygen atoms in total. The summed E-state index contributed by atoms with van der Waals surface area (Å²) < 4.78 is 3.10. The first kappa shape index (κ1) is 14.1. The molecule has 3 aromatic heterocycles. The van der Waals surface area contributed by atoms with Gasteiger partial charge in [0.05, 0.1) is 9.04 Å². The maximum absolute atomic E-state index is 6.15. The highest BCUT2D eigenvalue weighted by Gasteiger charge is 2.22. The van der Waals surface area contributed by atoms with E-state index in [0.717, 1.165) is 14.6 Å². The zero-order valence-corrected chi connectivity index (χ0v) is 14.0. The number of thioether (sulfide) groups is 1. The van der Waals surface area contributed by atoms with Gasteiger partial charge in [-0.1, -0.05) is 17.8 Å². The van der Waals surface area contributed by atoms with Crippen molar-refractivity contribution in [3.63, 3.8) is 0 Å². The summed E-state index contributed by atoms with van der Waals surface area (Å²) in [7, 11) is 0. The van der Waals surface area contributed by atoms with Gasteiger partial charge in [-0.25, -0.2) is 0 Å². The Morgan fingerprint density at radius 1 is 1.30 bits per heavy atom. The number of thiophene rings is 1. The first-order valence-corrected chi connectivity index (χ1v) is 8.61. The predicted octanol–water partition coefficient (Wildman–Crippen LogP) is 3.73. The van der Waals surface area contributed by atoms with Crippen LogP contribution in [0.2, 0.25) is 0 Å². The van der Waals surface area contributed by atoms with Crippen molar-refractivity contribution >= 4 is 44.7 Å². The van der Waals surface area contributed by atoms with Gasteiger partial charge in [0.2, 0.25) is 0 Å². The van der Waals surface area contributed by atoms with Gasteiger partial charge in [0.25, 0.3) is 0 Å². The average Bonchev–Trinajstić information content (AvgIpc) is 3.02. The molecule has 2 N–H and O–H groups in total. The summed E-state index contributed by atoms with van der Waals surface area (Å²) in [6.07, 6.45) is 1.97. The van der Waals surface area contributed by atoms with E-state index in [1.54, 1.807) is 23.1 Å². The predicted molar refractivity (Wildman–Crippen MR) is 87.3 cm³/mol. The lowest BCUT2D eigenvalue weighted by Gasteiger charge is -2.17. The van der Waals surface area contributed by atoms with Crippen LogP contribution in [-0.4, -0.2) is 20.6 Å². The molecule has 0 amide bonds. The summed E-state index contributed by atoms with van der Waals surface area (Å²) in [6.45, 7) is 2.02. The van der Waals surface area contributed by atoms with Crippen molar-refractivity contribution in [2.24, 2.45) is 5.73 Å². The summed E-state index contributed by atoms with van der Waals surface area (Å²) in [5.41, 5.74) is 7.00. The van der Waals surface area contributed by atoms with Crippen LogP contribution in [0, 0.1) is 0 Å². The van der Waals surface area contributed by atoms with Gasteiger partial charge >= 0.3 is 0 Å². The van der Waals surface area contributed by atoms with E-state index in [1.165, 1.54) is 4.88 Å². The number of halogens is 1. The number of rotatable bonds is 4. The SMILES string of the molecule is CC(N)C(Sc1nnc2ccccn12)c1ccc(Br)s1. The number of hydrogen-bond donors (Lipinski definition) is 1. The highest BCUT2D eigenvalue weighted by atomic mass is 79.9. The quantitative estimate of drug-likeness (QED) is 0.712. The molecule has 0 aliphatic carbocycles. The lowest BCUT2D eigenvalue weighted by molar-refractivity contribution is 0.725. The van der Waals surface area contributed by atoms with Gasteiger partial charge in [-0.2, -0.15) is 0 Å². The Kier molecular flexibility index (Phi) is 4.11. The zero-order chi connectivity index (χ0) is 14.1. The maximum Gasteiger partial charge on any atom is 0.196 e. The molecule has 0 saturated heterocycles. The topological polar surface area (TPSA) is 56.2 Å². The van der Waals surface area contributed by atoms with E-state index in [9.17, 15) is 0 Å². The molecular formula is C13H13BrN4S2. The minimum atomic E-state index is 0.0293. The monoisotopic (exact) mass is 368 g/mol. The van der Waals surface area contributed by atoms with Crippen LogP contribution in [0.25, 0.3) is 5.65 Å². The van der Waals surface area contributed by atoms with Gasteiger partial charge in [0.15, 0.2) is 10.8 Å². The van der Waals surface area contributed by atoms with Crippen LogP contribution in [0.3, 0.4) is 0 Å². The van der Waals surface area contributed by atoms with Crippen molar-refractivity contribution in [3.05, 3.63) is 45.2 Å². The Hall–Kier alpha value is -0.890. The van der Waals surface area contributed by atoms with Crippen LogP contribution in [0.15, 0.2) is 45.5 Å². The molecule has 0 aromatic carbocycles. The molecule has 7 heteroatoms. The second-order valence-corrected chi connectivity index (χ2v) is 8.05. The summed E-state index contributed by atoms with van der Waals surface area (Å²) in [5, 5.41) is 9.47. The molecule has 3 aromatic rings. The van der Waals surface area contributed by atoms with Crippen molar-refractivity contribution in [2.75, 3.05) is 0 Å². The minimum Gasteiger partial charge on any atom is -0.327 e. The summed E-state index contributed by atoms with van der Waals surface area (Å²) >= 11 is 6.87. The molecule has 3 heterocycles.